The minimum Gasteiger partial charge on any atom is -0.389 e. The maximum Gasteiger partial charge on any atom is 0.0947 e. The molecule has 0 aromatic heterocycles. The van der Waals surface area contributed by atoms with Crippen molar-refractivity contribution in [2.45, 2.75) is 44.8 Å². The molecule has 124 valence electrons. The molecule has 2 atom stereocenters. The zero-order chi connectivity index (χ0) is 15.9. The maximum atomic E-state index is 10.1. The first-order valence-corrected chi connectivity index (χ1v) is 8.24. The molecule has 0 saturated carbocycles. The van der Waals surface area contributed by atoms with Crippen LogP contribution in [0.3, 0.4) is 0 Å². The first kappa shape index (κ1) is 17.3. The number of aliphatic hydroxyl groups excluding tert-OH is 1. The molecule has 4 nitrogen and oxygen atoms in total. The lowest BCUT2D eigenvalue weighted by Gasteiger charge is -2.23. The van der Waals surface area contributed by atoms with Crippen molar-refractivity contribution in [1.82, 2.24) is 0 Å². The Labute approximate surface area is 134 Å². The minimum atomic E-state index is -0.490. The van der Waals surface area contributed by atoms with E-state index >= 15 is 0 Å². The Balaban J connectivity index is 1.71. The highest BCUT2D eigenvalue weighted by molar-refractivity contribution is 5.47. The number of aliphatic hydroxyl groups is 1. The van der Waals surface area contributed by atoms with Crippen molar-refractivity contribution in [3.8, 4) is 0 Å². The Hall–Kier alpha value is -1.10. The summed E-state index contributed by atoms with van der Waals surface area (Å²) < 4.78 is 11.1. The van der Waals surface area contributed by atoms with Crippen molar-refractivity contribution in [3.05, 3.63) is 29.8 Å². The number of anilines is 1. The van der Waals surface area contributed by atoms with Crippen molar-refractivity contribution in [1.29, 1.82) is 0 Å². The van der Waals surface area contributed by atoms with Crippen LogP contribution < -0.4 is 4.90 Å². The zero-order valence-electron chi connectivity index (χ0n) is 14.0. The molecular formula is C18H29NO3. The molecule has 1 aromatic carbocycles. The number of benzene rings is 1. The quantitative estimate of drug-likeness (QED) is 0.802. The van der Waals surface area contributed by atoms with Gasteiger partial charge in [-0.2, -0.15) is 0 Å². The molecule has 1 aliphatic rings. The summed E-state index contributed by atoms with van der Waals surface area (Å²) in [6.07, 6.45) is 1.91. The van der Waals surface area contributed by atoms with Gasteiger partial charge in [0.05, 0.1) is 25.4 Å². The van der Waals surface area contributed by atoms with Crippen molar-refractivity contribution in [3.63, 3.8) is 0 Å². The fourth-order valence-electron chi connectivity index (χ4n) is 2.70. The molecule has 2 unspecified atom stereocenters. The molecule has 1 N–H and O–H groups in total. The number of ether oxygens (including phenoxy) is 2. The molecule has 0 spiro atoms. The van der Waals surface area contributed by atoms with Crippen LogP contribution in [0, 0.1) is 0 Å². The average Bonchev–Trinajstić information content (AvgIpc) is 3.00. The molecule has 0 amide bonds. The Kier molecular flexibility index (Phi) is 6.68. The first-order chi connectivity index (χ1) is 10.6. The summed E-state index contributed by atoms with van der Waals surface area (Å²) >= 11 is 0. The largest absolute Gasteiger partial charge is 0.389 e. The van der Waals surface area contributed by atoms with Crippen LogP contribution in [0.25, 0.3) is 0 Å². The predicted molar refractivity (Wildman–Crippen MR) is 89.6 cm³/mol. The molecular weight excluding hydrogens is 278 g/mol. The maximum absolute atomic E-state index is 10.1. The summed E-state index contributed by atoms with van der Waals surface area (Å²) in [4.78, 5) is 2.06. The monoisotopic (exact) mass is 307 g/mol. The highest BCUT2D eigenvalue weighted by atomic mass is 16.5. The van der Waals surface area contributed by atoms with Gasteiger partial charge in [0.15, 0.2) is 0 Å². The smallest absolute Gasteiger partial charge is 0.0947 e. The standard InChI is InChI=1S/C18H29NO3/c1-14(2)15-6-8-16(9-7-15)19(3)11-17(20)12-21-13-18-5-4-10-22-18/h6-9,14,17-18,20H,4-5,10-13H2,1-3H3. The fraction of sp³-hybridized carbons (Fsp3) is 0.667. The normalized spacial score (nSPS) is 19.6. The van der Waals surface area contributed by atoms with E-state index < -0.39 is 6.10 Å². The number of likely N-dealkylation sites (N-methyl/N-ethyl adjacent to an activating group) is 1. The van der Waals surface area contributed by atoms with Crippen LogP contribution in [0.4, 0.5) is 5.69 Å². The molecule has 0 bridgehead atoms. The topological polar surface area (TPSA) is 41.9 Å². The molecule has 1 fully saturated rings. The molecule has 22 heavy (non-hydrogen) atoms. The van der Waals surface area contributed by atoms with Gasteiger partial charge in [0, 0.05) is 25.9 Å². The lowest BCUT2D eigenvalue weighted by Crippen LogP contribution is -2.33. The van der Waals surface area contributed by atoms with Crippen LogP contribution in [-0.4, -0.2) is 50.7 Å². The van der Waals surface area contributed by atoms with E-state index in [0.29, 0.717) is 25.7 Å². The highest BCUT2D eigenvalue weighted by Gasteiger charge is 2.16. The van der Waals surface area contributed by atoms with Crippen LogP contribution in [0.15, 0.2) is 24.3 Å². The van der Waals surface area contributed by atoms with Crippen LogP contribution in [-0.2, 0) is 9.47 Å². The summed E-state index contributed by atoms with van der Waals surface area (Å²) in [5.41, 5.74) is 2.44. The third-order valence-corrected chi connectivity index (χ3v) is 4.12. The molecule has 1 aliphatic heterocycles. The Morgan fingerprint density at radius 1 is 1.32 bits per heavy atom. The Bertz CT molecular complexity index is 426. The molecule has 4 heteroatoms. The van der Waals surface area contributed by atoms with Gasteiger partial charge in [-0.15, -0.1) is 0 Å². The third-order valence-electron chi connectivity index (χ3n) is 4.12. The fourth-order valence-corrected chi connectivity index (χ4v) is 2.70. The lowest BCUT2D eigenvalue weighted by atomic mass is 10.0. The van der Waals surface area contributed by atoms with Crippen molar-refractivity contribution >= 4 is 5.69 Å². The number of rotatable bonds is 8. The van der Waals surface area contributed by atoms with Gasteiger partial charge >= 0.3 is 0 Å². The third kappa shape index (κ3) is 5.27. The molecule has 0 aliphatic carbocycles. The van der Waals surface area contributed by atoms with Crippen LogP contribution in [0.2, 0.25) is 0 Å². The molecule has 0 radical (unpaired) electrons. The van der Waals surface area contributed by atoms with E-state index in [4.69, 9.17) is 9.47 Å². The van der Waals surface area contributed by atoms with E-state index in [9.17, 15) is 5.11 Å². The van der Waals surface area contributed by atoms with E-state index in [1.165, 1.54) is 5.56 Å². The van der Waals surface area contributed by atoms with Crippen LogP contribution >= 0.6 is 0 Å². The van der Waals surface area contributed by atoms with Gasteiger partial charge in [-0.3, -0.25) is 0 Å². The second kappa shape index (κ2) is 8.51. The first-order valence-electron chi connectivity index (χ1n) is 8.24. The van der Waals surface area contributed by atoms with Gasteiger partial charge in [0.2, 0.25) is 0 Å². The predicted octanol–water partition coefficient (Wildman–Crippen LogP) is 2.80. The van der Waals surface area contributed by atoms with Gasteiger partial charge in [-0.1, -0.05) is 26.0 Å². The summed E-state index contributed by atoms with van der Waals surface area (Å²) in [6, 6.07) is 8.51. The highest BCUT2D eigenvalue weighted by Crippen LogP contribution is 2.19. The SMILES string of the molecule is CC(C)c1ccc(N(C)CC(O)COCC2CCCO2)cc1. The van der Waals surface area contributed by atoms with Crippen molar-refractivity contribution < 1.29 is 14.6 Å². The van der Waals surface area contributed by atoms with Gasteiger partial charge in [-0.25, -0.2) is 0 Å². The zero-order valence-corrected chi connectivity index (χ0v) is 14.0. The summed E-state index contributed by atoms with van der Waals surface area (Å²) in [5.74, 6) is 0.538. The molecule has 1 saturated heterocycles. The van der Waals surface area contributed by atoms with E-state index in [0.717, 1.165) is 25.1 Å². The molecule has 1 aromatic rings. The van der Waals surface area contributed by atoms with Gasteiger partial charge in [-0.05, 0) is 36.5 Å². The summed E-state index contributed by atoms with van der Waals surface area (Å²) in [5, 5.41) is 10.1. The second-order valence-electron chi connectivity index (χ2n) is 6.45. The lowest BCUT2D eigenvalue weighted by molar-refractivity contribution is -0.0147. The van der Waals surface area contributed by atoms with Gasteiger partial charge in [0.25, 0.3) is 0 Å². The van der Waals surface area contributed by atoms with Crippen LogP contribution in [0.1, 0.15) is 38.2 Å². The van der Waals surface area contributed by atoms with E-state index in [-0.39, 0.29) is 6.10 Å². The summed E-state index contributed by atoms with van der Waals surface area (Å²) in [6.45, 7) is 6.72. The summed E-state index contributed by atoms with van der Waals surface area (Å²) in [7, 11) is 1.99. The van der Waals surface area contributed by atoms with E-state index in [1.54, 1.807) is 0 Å². The van der Waals surface area contributed by atoms with E-state index in [1.807, 2.05) is 7.05 Å². The van der Waals surface area contributed by atoms with Crippen LogP contribution in [0.5, 0.6) is 0 Å². The number of nitrogens with zero attached hydrogens (tertiary/aromatic N) is 1. The Morgan fingerprint density at radius 3 is 2.64 bits per heavy atom. The molecule has 1 heterocycles. The second-order valence-corrected chi connectivity index (χ2v) is 6.45. The van der Waals surface area contributed by atoms with E-state index in [2.05, 4.69) is 43.0 Å². The Morgan fingerprint density at radius 2 is 2.05 bits per heavy atom. The number of hydrogen-bond donors (Lipinski definition) is 1. The average molecular weight is 307 g/mol. The van der Waals surface area contributed by atoms with Gasteiger partial charge in [0.1, 0.15) is 0 Å². The molecule has 2 rings (SSSR count). The van der Waals surface area contributed by atoms with Crippen molar-refractivity contribution in [2.75, 3.05) is 38.3 Å². The number of hydrogen-bond acceptors (Lipinski definition) is 4. The minimum absolute atomic E-state index is 0.216. The van der Waals surface area contributed by atoms with Crippen molar-refractivity contribution in [2.24, 2.45) is 0 Å². The van der Waals surface area contributed by atoms with Gasteiger partial charge < -0.3 is 19.5 Å².